The van der Waals surface area contributed by atoms with E-state index >= 15 is 0 Å². The maximum Gasteiger partial charge on any atom is 0.341 e. The van der Waals surface area contributed by atoms with Crippen LogP contribution in [-0.4, -0.2) is 52.9 Å². The number of pyridine rings is 2. The maximum absolute atomic E-state index is 13.4. The summed E-state index contributed by atoms with van der Waals surface area (Å²) in [4.78, 5) is 48.7. The van der Waals surface area contributed by atoms with Crippen molar-refractivity contribution in [1.29, 1.82) is 0 Å². The van der Waals surface area contributed by atoms with Crippen molar-refractivity contribution in [3.05, 3.63) is 75.6 Å². The lowest BCUT2D eigenvalue weighted by Crippen LogP contribution is -2.33. The first-order chi connectivity index (χ1) is 18.0. The number of hydrogen-bond acceptors (Lipinski definition) is 8. The van der Waals surface area contributed by atoms with E-state index in [0.29, 0.717) is 30.2 Å². The van der Waals surface area contributed by atoms with Crippen LogP contribution in [0.1, 0.15) is 34.1 Å². The molecule has 0 spiro atoms. The van der Waals surface area contributed by atoms with Crippen LogP contribution in [0.5, 0.6) is 11.5 Å². The Balaban J connectivity index is 1.80. The molecule has 0 aliphatic carbocycles. The monoisotopic (exact) mass is 504 g/mol. The largest absolute Gasteiger partial charge is 0.462 e. The van der Waals surface area contributed by atoms with E-state index in [2.05, 4.69) is 9.98 Å². The highest BCUT2D eigenvalue weighted by atomic mass is 16.7. The summed E-state index contributed by atoms with van der Waals surface area (Å²) in [5.41, 5.74) is 0.608. The van der Waals surface area contributed by atoms with Crippen molar-refractivity contribution < 1.29 is 28.5 Å². The number of fused-ring (bicyclic) bond motifs is 3. The molecule has 4 aromatic rings. The van der Waals surface area contributed by atoms with E-state index in [4.69, 9.17) is 18.9 Å². The van der Waals surface area contributed by atoms with E-state index < -0.39 is 11.9 Å². The van der Waals surface area contributed by atoms with Gasteiger partial charge in [-0.15, -0.1) is 0 Å². The van der Waals surface area contributed by atoms with Gasteiger partial charge >= 0.3 is 5.97 Å². The summed E-state index contributed by atoms with van der Waals surface area (Å²) in [6.07, 6.45) is 2.12. The Hall–Kier alpha value is -4.51. The molecule has 0 N–H and O–H groups in total. The average Bonchev–Trinajstić information content (AvgIpc) is 3.38. The van der Waals surface area contributed by atoms with Crippen LogP contribution in [0.2, 0.25) is 0 Å². The fourth-order valence-electron chi connectivity index (χ4n) is 4.13. The molecule has 0 radical (unpaired) electrons. The van der Waals surface area contributed by atoms with Gasteiger partial charge < -0.3 is 23.5 Å². The number of esters is 1. The van der Waals surface area contributed by atoms with Gasteiger partial charge in [-0.2, -0.15) is 4.99 Å². The minimum atomic E-state index is -0.709. The van der Waals surface area contributed by atoms with E-state index in [1.165, 1.54) is 16.5 Å². The van der Waals surface area contributed by atoms with Crippen LogP contribution < -0.4 is 20.5 Å². The normalized spacial score (nSPS) is 12.9. The van der Waals surface area contributed by atoms with Crippen molar-refractivity contribution >= 4 is 28.6 Å². The molecule has 37 heavy (non-hydrogen) atoms. The number of rotatable bonds is 7. The molecule has 11 heteroatoms. The number of amides is 1. The Morgan fingerprint density at radius 3 is 2.78 bits per heavy atom. The van der Waals surface area contributed by atoms with Crippen LogP contribution in [-0.2, 0) is 16.0 Å². The molecule has 0 saturated heterocycles. The van der Waals surface area contributed by atoms with E-state index in [1.807, 2.05) is 0 Å². The van der Waals surface area contributed by atoms with Gasteiger partial charge in [-0.05, 0) is 49.7 Å². The maximum atomic E-state index is 13.4. The summed E-state index contributed by atoms with van der Waals surface area (Å²) in [5, 5.41) is 0.193. The molecule has 1 aliphatic heterocycles. The summed E-state index contributed by atoms with van der Waals surface area (Å²) < 4.78 is 24.1. The molecule has 3 aromatic heterocycles. The second kappa shape index (κ2) is 10.2. The lowest BCUT2D eigenvalue weighted by Gasteiger charge is -2.15. The molecule has 0 unspecified atom stereocenters. The first kappa shape index (κ1) is 24.2. The Labute approximate surface area is 210 Å². The summed E-state index contributed by atoms with van der Waals surface area (Å²) in [6, 6.07) is 11.3. The third kappa shape index (κ3) is 4.56. The van der Waals surface area contributed by atoms with Crippen LogP contribution in [0.3, 0.4) is 0 Å². The molecule has 1 amide bonds. The third-order valence-corrected chi connectivity index (χ3v) is 5.84. The van der Waals surface area contributed by atoms with Crippen molar-refractivity contribution in [3.8, 4) is 11.5 Å². The Morgan fingerprint density at radius 1 is 1.14 bits per heavy atom. The smallest absolute Gasteiger partial charge is 0.341 e. The van der Waals surface area contributed by atoms with E-state index in [1.54, 1.807) is 55.1 Å². The zero-order valence-corrected chi connectivity index (χ0v) is 20.3. The molecule has 0 bridgehead atoms. The number of carbonyl (C=O) groups is 2. The highest BCUT2D eigenvalue weighted by Gasteiger charge is 2.21. The molecule has 0 fully saturated rings. The van der Waals surface area contributed by atoms with Crippen LogP contribution in [0, 0.1) is 0 Å². The lowest BCUT2D eigenvalue weighted by molar-refractivity contribution is 0.0523. The third-order valence-electron chi connectivity index (χ3n) is 5.84. The molecule has 0 saturated carbocycles. The highest BCUT2D eigenvalue weighted by Crippen LogP contribution is 2.32. The molecule has 5 rings (SSSR count). The summed E-state index contributed by atoms with van der Waals surface area (Å²) in [6.45, 7) is 2.52. The Kier molecular flexibility index (Phi) is 6.69. The minimum absolute atomic E-state index is 0.0179. The molecule has 190 valence electrons. The quantitative estimate of drug-likeness (QED) is 0.214. The molecule has 0 atom stereocenters. The van der Waals surface area contributed by atoms with Gasteiger partial charge in [0.2, 0.25) is 6.79 Å². The molecule has 4 heterocycles. The van der Waals surface area contributed by atoms with Gasteiger partial charge in [-0.1, -0.05) is 6.07 Å². The lowest BCUT2D eigenvalue weighted by atomic mass is 10.1. The first-order valence-corrected chi connectivity index (χ1v) is 11.7. The first-order valence-electron chi connectivity index (χ1n) is 11.7. The van der Waals surface area contributed by atoms with Gasteiger partial charge in [0.25, 0.3) is 11.5 Å². The number of ether oxygens (including phenoxy) is 4. The Morgan fingerprint density at radius 2 is 1.97 bits per heavy atom. The second-order valence-electron chi connectivity index (χ2n) is 8.17. The predicted octanol–water partition coefficient (Wildman–Crippen LogP) is 2.33. The average molecular weight is 504 g/mol. The van der Waals surface area contributed by atoms with Crippen LogP contribution in [0.25, 0.3) is 16.7 Å². The molecule has 1 aliphatic rings. The molecular formula is C26H24N4O7. The molecule has 1 aromatic carbocycles. The SMILES string of the molecule is CCOC(=O)c1cc2c(=O)n3ccccc3nc2n(CCCOC)c1=NC(=O)c1ccc2c(c1)OCO2. The van der Waals surface area contributed by atoms with Crippen LogP contribution >= 0.6 is 0 Å². The van der Waals surface area contributed by atoms with Gasteiger partial charge in [-0.3, -0.25) is 14.0 Å². The van der Waals surface area contributed by atoms with Gasteiger partial charge in [-0.25, -0.2) is 9.78 Å². The van der Waals surface area contributed by atoms with Crippen molar-refractivity contribution in [2.24, 2.45) is 4.99 Å². The number of carbonyl (C=O) groups excluding carboxylic acids is 2. The summed E-state index contributed by atoms with van der Waals surface area (Å²) in [5.74, 6) is -0.360. The van der Waals surface area contributed by atoms with Gasteiger partial charge in [0.1, 0.15) is 16.9 Å². The van der Waals surface area contributed by atoms with E-state index in [0.717, 1.165) is 0 Å². The van der Waals surface area contributed by atoms with Crippen LogP contribution in [0.15, 0.2) is 58.4 Å². The van der Waals surface area contributed by atoms with Crippen LogP contribution in [0.4, 0.5) is 0 Å². The summed E-state index contributed by atoms with van der Waals surface area (Å²) >= 11 is 0. The van der Waals surface area contributed by atoms with Crippen molar-refractivity contribution in [2.45, 2.75) is 19.9 Å². The molecular weight excluding hydrogens is 480 g/mol. The van der Waals surface area contributed by atoms with Gasteiger partial charge in [0.15, 0.2) is 17.0 Å². The number of methoxy groups -OCH3 is 1. The van der Waals surface area contributed by atoms with Crippen molar-refractivity contribution in [1.82, 2.24) is 14.0 Å². The van der Waals surface area contributed by atoms with Gasteiger partial charge in [0.05, 0.1) is 12.0 Å². The van der Waals surface area contributed by atoms with Gasteiger partial charge in [0, 0.05) is 32.0 Å². The fraction of sp³-hybridized carbons (Fsp3) is 0.269. The number of aryl methyl sites for hydroxylation is 1. The number of nitrogens with zero attached hydrogens (tertiary/aromatic N) is 4. The van der Waals surface area contributed by atoms with E-state index in [9.17, 15) is 14.4 Å². The van der Waals surface area contributed by atoms with E-state index in [-0.39, 0.29) is 53.2 Å². The predicted molar refractivity (Wildman–Crippen MR) is 132 cm³/mol. The zero-order valence-electron chi connectivity index (χ0n) is 20.3. The number of benzene rings is 1. The Bertz CT molecular complexity index is 1660. The minimum Gasteiger partial charge on any atom is -0.462 e. The van der Waals surface area contributed by atoms with Crippen molar-refractivity contribution in [3.63, 3.8) is 0 Å². The number of aromatic nitrogens is 3. The second-order valence-corrected chi connectivity index (χ2v) is 8.17. The number of hydrogen-bond donors (Lipinski definition) is 0. The summed E-state index contributed by atoms with van der Waals surface area (Å²) in [7, 11) is 1.57. The fourth-order valence-corrected chi connectivity index (χ4v) is 4.13. The molecule has 11 nitrogen and oxygen atoms in total. The highest BCUT2D eigenvalue weighted by molar-refractivity contribution is 5.97. The van der Waals surface area contributed by atoms with Crippen molar-refractivity contribution in [2.75, 3.05) is 27.1 Å². The topological polar surface area (TPSA) is 123 Å². The zero-order chi connectivity index (χ0) is 25.9. The standard InChI is InChI=1S/C26H24N4O7/c1-3-35-26(33)18-14-17-22(27-21-7-4-5-10-29(21)25(17)32)30(11-6-12-34-2)23(18)28-24(31)16-8-9-19-20(13-16)37-15-36-19/h4-5,7-10,13-14H,3,6,11-12,15H2,1-2H3.